The van der Waals surface area contributed by atoms with Crippen LogP contribution in [-0.2, 0) is 10.3 Å². The molecule has 8 heteroatoms. The van der Waals surface area contributed by atoms with Crippen LogP contribution in [0.1, 0.15) is 0 Å². The van der Waals surface area contributed by atoms with Gasteiger partial charge in [0.1, 0.15) is 0 Å². The number of rotatable bonds is 3. The summed E-state index contributed by atoms with van der Waals surface area (Å²) in [6, 6.07) is 29.1. The number of anilines is 1. The van der Waals surface area contributed by atoms with Gasteiger partial charge >= 0.3 is 10.3 Å². The van der Waals surface area contributed by atoms with E-state index in [0.717, 1.165) is 16.3 Å². The first-order valence-electron chi connectivity index (χ1n) is 9.59. The molecule has 1 heterocycles. The lowest BCUT2D eigenvalue weighted by molar-refractivity contribution is 0.445. The van der Waals surface area contributed by atoms with Gasteiger partial charge in [-0.25, -0.2) is 0 Å². The van der Waals surface area contributed by atoms with Crippen molar-refractivity contribution in [3.8, 4) is 11.3 Å². The molecule has 0 aliphatic rings. The third-order valence-corrected chi connectivity index (χ3v) is 5.14. The van der Waals surface area contributed by atoms with Gasteiger partial charge in [-0.1, -0.05) is 78.0 Å². The van der Waals surface area contributed by atoms with E-state index in [1.165, 1.54) is 12.1 Å². The van der Waals surface area contributed by atoms with Crippen LogP contribution >= 0.6 is 0 Å². The summed E-state index contributed by atoms with van der Waals surface area (Å²) in [7, 11) is -4.13. The van der Waals surface area contributed by atoms with Crippen molar-refractivity contribution in [2.24, 2.45) is 0 Å². The fourth-order valence-electron chi connectivity index (χ4n) is 3.26. The SMILES string of the molecule is O=S(=O)(O)Nc1ccccc1.O=c1c(-c2cccc3ccccc23)noc2ccccc12. The van der Waals surface area contributed by atoms with E-state index in [9.17, 15) is 13.2 Å². The standard InChI is InChI=1S/C18H11NO2.C6H7NO3S/c20-18-15-9-3-4-11-16(15)21-19-17(18)14-10-5-7-12-6-1-2-8-13(12)14;8-11(9,10)7-6-4-2-1-3-5-6/h1-11H;1-5,7H,(H,8,9,10). The van der Waals surface area contributed by atoms with Gasteiger partial charge in [0.05, 0.1) is 11.1 Å². The smallest absolute Gasteiger partial charge is 0.355 e. The summed E-state index contributed by atoms with van der Waals surface area (Å²) in [5.41, 5.74) is 1.90. The number of fused-ring (bicyclic) bond motifs is 2. The van der Waals surface area contributed by atoms with Crippen molar-refractivity contribution < 1.29 is 17.5 Å². The number of hydrogen-bond donors (Lipinski definition) is 2. The number of benzene rings is 4. The zero-order valence-electron chi connectivity index (χ0n) is 16.7. The van der Waals surface area contributed by atoms with Crippen LogP contribution < -0.4 is 10.2 Å². The Morgan fingerprint density at radius 3 is 2.12 bits per heavy atom. The highest BCUT2D eigenvalue weighted by Gasteiger charge is 2.12. The molecule has 0 atom stereocenters. The summed E-state index contributed by atoms with van der Waals surface area (Å²) in [6.07, 6.45) is 0. The van der Waals surface area contributed by atoms with Crippen LogP contribution in [0, 0.1) is 0 Å². The van der Waals surface area contributed by atoms with Gasteiger partial charge < -0.3 is 4.52 Å². The highest BCUT2D eigenvalue weighted by Crippen LogP contribution is 2.26. The lowest BCUT2D eigenvalue weighted by Crippen LogP contribution is -2.09. The van der Waals surface area contributed by atoms with Crippen molar-refractivity contribution >= 4 is 37.7 Å². The first-order valence-corrected chi connectivity index (χ1v) is 11.0. The molecule has 0 bridgehead atoms. The van der Waals surface area contributed by atoms with E-state index >= 15 is 0 Å². The lowest BCUT2D eigenvalue weighted by atomic mass is 10.0. The van der Waals surface area contributed by atoms with Crippen LogP contribution in [0.4, 0.5) is 5.69 Å². The second-order valence-electron chi connectivity index (χ2n) is 6.83. The fraction of sp³-hybridized carbons (Fsp3) is 0. The Bertz CT molecular complexity index is 1540. The third kappa shape index (κ3) is 4.83. The Balaban J connectivity index is 0.000000189. The van der Waals surface area contributed by atoms with Crippen molar-refractivity contribution in [3.63, 3.8) is 0 Å². The van der Waals surface area contributed by atoms with E-state index in [1.54, 1.807) is 30.3 Å². The molecular formula is C24H18N2O5S. The molecule has 4 aromatic carbocycles. The van der Waals surface area contributed by atoms with Crippen molar-refractivity contribution in [2.75, 3.05) is 4.72 Å². The Morgan fingerprint density at radius 2 is 1.38 bits per heavy atom. The molecule has 2 N–H and O–H groups in total. The molecule has 0 radical (unpaired) electrons. The molecule has 0 aliphatic carbocycles. The van der Waals surface area contributed by atoms with E-state index in [2.05, 4.69) is 5.16 Å². The highest BCUT2D eigenvalue weighted by atomic mass is 32.2. The average Bonchev–Trinajstić information content (AvgIpc) is 2.79. The van der Waals surface area contributed by atoms with Crippen molar-refractivity contribution in [3.05, 3.63) is 107 Å². The quantitative estimate of drug-likeness (QED) is 0.381. The van der Waals surface area contributed by atoms with E-state index in [4.69, 9.17) is 9.08 Å². The normalized spacial score (nSPS) is 11.0. The summed E-state index contributed by atoms with van der Waals surface area (Å²) in [6.45, 7) is 0. The number of aromatic nitrogens is 1. The maximum atomic E-state index is 12.7. The second-order valence-corrected chi connectivity index (χ2v) is 7.98. The van der Waals surface area contributed by atoms with Gasteiger partial charge in [0.2, 0.25) is 5.43 Å². The fourth-order valence-corrected chi connectivity index (χ4v) is 3.69. The van der Waals surface area contributed by atoms with Gasteiger partial charge in [-0.15, -0.1) is 0 Å². The van der Waals surface area contributed by atoms with Gasteiger partial charge in [-0.3, -0.25) is 14.1 Å². The minimum Gasteiger partial charge on any atom is -0.355 e. The van der Waals surface area contributed by atoms with Crippen molar-refractivity contribution in [2.45, 2.75) is 0 Å². The highest BCUT2D eigenvalue weighted by molar-refractivity contribution is 7.87. The molecule has 0 aliphatic heterocycles. The third-order valence-electron chi connectivity index (χ3n) is 4.65. The van der Waals surface area contributed by atoms with Crippen molar-refractivity contribution in [1.29, 1.82) is 0 Å². The van der Waals surface area contributed by atoms with Gasteiger partial charge in [0, 0.05) is 5.56 Å². The van der Waals surface area contributed by atoms with Gasteiger partial charge in [-0.2, -0.15) is 8.42 Å². The molecular weight excluding hydrogens is 428 g/mol. The topological polar surface area (TPSA) is 110 Å². The van der Waals surface area contributed by atoms with Crippen LogP contribution in [-0.4, -0.2) is 18.1 Å². The van der Waals surface area contributed by atoms with Gasteiger partial charge in [0.15, 0.2) is 11.3 Å². The monoisotopic (exact) mass is 446 g/mol. The van der Waals surface area contributed by atoms with Gasteiger partial charge in [0.25, 0.3) is 0 Å². The summed E-state index contributed by atoms with van der Waals surface area (Å²) in [5, 5.41) is 6.66. The van der Waals surface area contributed by atoms with Crippen LogP contribution in [0.2, 0.25) is 0 Å². The zero-order chi connectivity index (χ0) is 22.6. The predicted octanol–water partition coefficient (Wildman–Crippen LogP) is 4.91. The summed E-state index contributed by atoms with van der Waals surface area (Å²) in [5.74, 6) is 0. The molecule has 0 unspecified atom stereocenters. The van der Waals surface area contributed by atoms with Crippen LogP contribution in [0.15, 0.2) is 106 Å². The zero-order valence-corrected chi connectivity index (χ0v) is 17.5. The van der Waals surface area contributed by atoms with E-state index < -0.39 is 10.3 Å². The first kappa shape index (κ1) is 21.2. The molecule has 32 heavy (non-hydrogen) atoms. The maximum Gasteiger partial charge on any atom is 0.357 e. The molecule has 160 valence electrons. The molecule has 0 fully saturated rings. The van der Waals surface area contributed by atoms with Crippen LogP contribution in [0.5, 0.6) is 0 Å². The first-order chi connectivity index (χ1) is 15.4. The summed E-state index contributed by atoms with van der Waals surface area (Å²) in [4.78, 5) is 12.7. The van der Waals surface area contributed by atoms with Crippen LogP contribution in [0.3, 0.4) is 0 Å². The molecule has 1 aromatic heterocycles. The van der Waals surface area contributed by atoms with Gasteiger partial charge in [-0.05, 0) is 35.0 Å². The summed E-state index contributed by atoms with van der Waals surface area (Å²) < 4.78 is 36.1. The molecule has 5 aromatic rings. The van der Waals surface area contributed by atoms with E-state index in [-0.39, 0.29) is 5.43 Å². The summed E-state index contributed by atoms with van der Waals surface area (Å²) >= 11 is 0. The average molecular weight is 446 g/mol. The molecule has 0 amide bonds. The number of nitrogens with one attached hydrogen (secondary N) is 1. The lowest BCUT2D eigenvalue weighted by Gasteiger charge is -2.05. The minimum atomic E-state index is -4.13. The number of para-hydroxylation sites is 2. The minimum absolute atomic E-state index is 0.104. The Hall–Kier alpha value is -4.01. The molecule has 0 saturated heterocycles. The Kier molecular flexibility index (Phi) is 5.98. The second kappa shape index (κ2) is 9.01. The van der Waals surface area contributed by atoms with E-state index in [1.807, 2.05) is 59.3 Å². The number of hydrogen-bond acceptors (Lipinski definition) is 5. The Morgan fingerprint density at radius 1 is 0.750 bits per heavy atom. The molecule has 5 rings (SSSR count). The Labute approximate surface area is 183 Å². The van der Waals surface area contributed by atoms with Crippen LogP contribution in [0.25, 0.3) is 33.0 Å². The molecule has 0 spiro atoms. The predicted molar refractivity (Wildman–Crippen MR) is 125 cm³/mol. The maximum absolute atomic E-state index is 12.7. The molecule has 0 saturated carbocycles. The van der Waals surface area contributed by atoms with Crippen molar-refractivity contribution in [1.82, 2.24) is 5.16 Å². The largest absolute Gasteiger partial charge is 0.357 e. The number of nitrogens with zero attached hydrogens (tertiary/aromatic N) is 1. The van der Waals surface area contributed by atoms with E-state index in [0.29, 0.717) is 22.4 Å². The molecule has 7 nitrogen and oxygen atoms in total.